The molecule has 0 aliphatic rings. The van der Waals surface area contributed by atoms with Crippen LogP contribution in [0.2, 0.25) is 0 Å². The molecule has 0 saturated heterocycles. The Morgan fingerprint density at radius 3 is 2.50 bits per heavy atom. The van der Waals surface area contributed by atoms with Gasteiger partial charge in [0.05, 0.1) is 0 Å². The number of imidazole rings is 1. The second-order valence-corrected chi connectivity index (χ2v) is 4.65. The molecule has 2 heterocycles. The standard InChI is InChI=1S/C14H14N4O2/c1-3-8-4-6-9(7-5-8)11-15-10-12(16-11)18(2)14(20)17-13(10)19/h4-7H,3H2,1-2H3,(H,15,16)(H,17,19,20). The van der Waals surface area contributed by atoms with E-state index < -0.39 is 11.2 Å². The normalized spacial score (nSPS) is 11.1. The number of rotatable bonds is 2. The molecular formula is C14H14N4O2. The van der Waals surface area contributed by atoms with Gasteiger partial charge in [0, 0.05) is 12.6 Å². The molecule has 20 heavy (non-hydrogen) atoms. The summed E-state index contributed by atoms with van der Waals surface area (Å²) in [5.41, 5.74) is 1.85. The van der Waals surface area contributed by atoms with Crippen LogP contribution in [0, 0.1) is 0 Å². The molecule has 0 fully saturated rings. The van der Waals surface area contributed by atoms with Crippen molar-refractivity contribution in [3.8, 4) is 11.4 Å². The molecule has 0 saturated carbocycles. The molecule has 3 rings (SSSR count). The third-order valence-electron chi connectivity index (χ3n) is 3.39. The van der Waals surface area contributed by atoms with Crippen molar-refractivity contribution in [3.63, 3.8) is 0 Å². The molecule has 0 amide bonds. The monoisotopic (exact) mass is 270 g/mol. The van der Waals surface area contributed by atoms with Crippen LogP contribution in [0.15, 0.2) is 33.9 Å². The fourth-order valence-corrected chi connectivity index (χ4v) is 2.14. The van der Waals surface area contributed by atoms with Crippen LogP contribution in [0.4, 0.5) is 0 Å². The Hall–Kier alpha value is -2.63. The highest BCUT2D eigenvalue weighted by Gasteiger charge is 2.11. The second-order valence-electron chi connectivity index (χ2n) is 4.65. The molecule has 0 aliphatic heterocycles. The van der Waals surface area contributed by atoms with Crippen molar-refractivity contribution in [2.24, 2.45) is 7.05 Å². The Bertz CT molecular complexity index is 884. The molecule has 0 unspecified atom stereocenters. The number of aromatic nitrogens is 4. The van der Waals surface area contributed by atoms with E-state index in [4.69, 9.17) is 0 Å². The third kappa shape index (κ3) is 1.85. The van der Waals surface area contributed by atoms with E-state index in [1.807, 2.05) is 24.3 Å². The first kappa shape index (κ1) is 12.4. The molecule has 0 radical (unpaired) electrons. The number of hydrogen-bond donors (Lipinski definition) is 2. The lowest BCUT2D eigenvalue weighted by Gasteiger charge is -1.98. The lowest BCUT2D eigenvalue weighted by molar-refractivity contribution is 0.832. The summed E-state index contributed by atoms with van der Waals surface area (Å²) in [6.45, 7) is 2.09. The summed E-state index contributed by atoms with van der Waals surface area (Å²) in [5, 5.41) is 0. The van der Waals surface area contributed by atoms with Crippen LogP contribution >= 0.6 is 0 Å². The largest absolute Gasteiger partial charge is 0.332 e. The van der Waals surface area contributed by atoms with Crippen molar-refractivity contribution in [2.45, 2.75) is 13.3 Å². The average Bonchev–Trinajstić information content (AvgIpc) is 2.91. The molecule has 0 bridgehead atoms. The highest BCUT2D eigenvalue weighted by atomic mass is 16.2. The van der Waals surface area contributed by atoms with Crippen LogP contribution in [-0.4, -0.2) is 19.5 Å². The predicted octanol–water partition coefficient (Wildman–Crippen LogP) is 1.18. The third-order valence-corrected chi connectivity index (χ3v) is 3.39. The minimum absolute atomic E-state index is 0.307. The van der Waals surface area contributed by atoms with Gasteiger partial charge in [-0.1, -0.05) is 31.2 Å². The van der Waals surface area contributed by atoms with E-state index in [-0.39, 0.29) is 0 Å². The SMILES string of the molecule is CCc1ccc(-c2nc3c([nH]2)c(=O)[nH]c(=O)n3C)cc1. The van der Waals surface area contributed by atoms with Crippen LogP contribution in [0.5, 0.6) is 0 Å². The zero-order chi connectivity index (χ0) is 14.3. The van der Waals surface area contributed by atoms with Gasteiger partial charge < -0.3 is 4.98 Å². The maximum atomic E-state index is 11.8. The van der Waals surface area contributed by atoms with E-state index in [2.05, 4.69) is 21.9 Å². The number of nitrogens with zero attached hydrogens (tertiary/aromatic N) is 2. The van der Waals surface area contributed by atoms with Crippen molar-refractivity contribution in [1.29, 1.82) is 0 Å². The first-order chi connectivity index (χ1) is 9.60. The first-order valence-electron chi connectivity index (χ1n) is 6.38. The summed E-state index contributed by atoms with van der Waals surface area (Å²) in [6.07, 6.45) is 0.967. The van der Waals surface area contributed by atoms with Crippen LogP contribution in [0.1, 0.15) is 12.5 Å². The van der Waals surface area contributed by atoms with E-state index in [9.17, 15) is 9.59 Å². The van der Waals surface area contributed by atoms with Gasteiger partial charge >= 0.3 is 5.69 Å². The lowest BCUT2D eigenvalue weighted by atomic mass is 10.1. The van der Waals surface area contributed by atoms with Crippen molar-refractivity contribution >= 4 is 11.2 Å². The Kier molecular flexibility index (Phi) is 2.78. The number of aromatic amines is 2. The summed E-state index contributed by atoms with van der Waals surface area (Å²) in [6, 6.07) is 7.93. The number of hydrogen-bond acceptors (Lipinski definition) is 3. The summed E-state index contributed by atoms with van der Waals surface area (Å²) < 4.78 is 1.32. The van der Waals surface area contributed by atoms with E-state index >= 15 is 0 Å². The number of fused-ring (bicyclic) bond motifs is 1. The van der Waals surface area contributed by atoms with E-state index in [0.29, 0.717) is 17.0 Å². The predicted molar refractivity (Wildman–Crippen MR) is 76.8 cm³/mol. The fraction of sp³-hybridized carbons (Fsp3) is 0.214. The van der Waals surface area contributed by atoms with Gasteiger partial charge in [-0.2, -0.15) is 0 Å². The number of aryl methyl sites for hydroxylation is 2. The van der Waals surface area contributed by atoms with Gasteiger partial charge in [-0.25, -0.2) is 9.78 Å². The van der Waals surface area contributed by atoms with Crippen molar-refractivity contribution in [1.82, 2.24) is 19.5 Å². The van der Waals surface area contributed by atoms with E-state index in [0.717, 1.165) is 12.0 Å². The van der Waals surface area contributed by atoms with Crippen molar-refractivity contribution in [3.05, 3.63) is 50.7 Å². The molecule has 0 atom stereocenters. The molecular weight excluding hydrogens is 256 g/mol. The molecule has 6 nitrogen and oxygen atoms in total. The van der Waals surface area contributed by atoms with Crippen LogP contribution in [0.3, 0.4) is 0 Å². The quantitative estimate of drug-likeness (QED) is 0.733. The van der Waals surface area contributed by atoms with Gasteiger partial charge in [-0.05, 0) is 12.0 Å². The smallest absolute Gasteiger partial charge is 0.329 e. The summed E-state index contributed by atoms with van der Waals surface area (Å²) >= 11 is 0. The van der Waals surface area contributed by atoms with Gasteiger partial charge in [-0.3, -0.25) is 14.3 Å². The number of nitrogens with one attached hydrogen (secondary N) is 2. The van der Waals surface area contributed by atoms with E-state index in [1.54, 1.807) is 7.05 Å². The summed E-state index contributed by atoms with van der Waals surface area (Å²) in [7, 11) is 1.57. The van der Waals surface area contributed by atoms with Crippen molar-refractivity contribution < 1.29 is 0 Å². The molecule has 2 N–H and O–H groups in total. The summed E-state index contributed by atoms with van der Waals surface area (Å²) in [5.74, 6) is 0.578. The lowest BCUT2D eigenvalue weighted by Crippen LogP contribution is -2.28. The highest BCUT2D eigenvalue weighted by Crippen LogP contribution is 2.18. The van der Waals surface area contributed by atoms with Crippen LogP contribution < -0.4 is 11.2 Å². The van der Waals surface area contributed by atoms with E-state index in [1.165, 1.54) is 10.1 Å². The number of benzene rings is 1. The van der Waals surface area contributed by atoms with Gasteiger partial charge in [0.25, 0.3) is 5.56 Å². The van der Waals surface area contributed by atoms with Gasteiger partial charge in [0.1, 0.15) is 11.3 Å². The molecule has 3 aromatic rings. The van der Waals surface area contributed by atoms with Crippen molar-refractivity contribution in [2.75, 3.05) is 0 Å². The van der Waals surface area contributed by atoms with Crippen LogP contribution in [0.25, 0.3) is 22.6 Å². The zero-order valence-electron chi connectivity index (χ0n) is 11.2. The minimum atomic E-state index is -0.470. The minimum Gasteiger partial charge on any atom is -0.332 e. The molecule has 102 valence electrons. The van der Waals surface area contributed by atoms with Crippen LogP contribution in [-0.2, 0) is 13.5 Å². The average molecular weight is 270 g/mol. The molecule has 6 heteroatoms. The van der Waals surface area contributed by atoms with Gasteiger partial charge in [0.15, 0.2) is 5.65 Å². The summed E-state index contributed by atoms with van der Waals surface area (Å²) in [4.78, 5) is 32.9. The fourth-order valence-electron chi connectivity index (χ4n) is 2.14. The Morgan fingerprint density at radius 2 is 1.85 bits per heavy atom. The second kappa shape index (κ2) is 4.48. The zero-order valence-corrected chi connectivity index (χ0v) is 11.2. The Morgan fingerprint density at radius 1 is 1.15 bits per heavy atom. The van der Waals surface area contributed by atoms with Gasteiger partial charge in [0.2, 0.25) is 0 Å². The maximum Gasteiger partial charge on any atom is 0.329 e. The molecule has 0 aliphatic carbocycles. The molecule has 1 aromatic carbocycles. The maximum absolute atomic E-state index is 11.8. The first-order valence-corrected chi connectivity index (χ1v) is 6.38. The molecule has 0 spiro atoms. The number of H-pyrrole nitrogens is 2. The molecule has 2 aromatic heterocycles. The highest BCUT2D eigenvalue weighted by molar-refractivity contribution is 5.75. The topological polar surface area (TPSA) is 83.5 Å². The Balaban J connectivity index is 2.22. The Labute approximate surface area is 114 Å². The van der Waals surface area contributed by atoms with Gasteiger partial charge in [-0.15, -0.1) is 0 Å².